The molecule has 0 unspecified atom stereocenters. The van der Waals surface area contributed by atoms with Crippen LogP contribution in [0.15, 0.2) is 0 Å². The Kier molecular flexibility index (Phi) is 12.6. The standard InChI is InChI=1S/C24H45N3O7/c1-14(2)11-16(19(28)26-17(12-15(3)4)21(30)33-10)25-20(29)18(13-24(8,9)32)27-22(31)34-23(5,6)7/h14-18,32H,11-13H2,1-10H3,(H,25,29)(H,26,28)(H,27,31)/t16-,17-,18-/m0/s1. The van der Waals surface area contributed by atoms with E-state index in [4.69, 9.17) is 9.47 Å². The molecule has 0 rings (SSSR count). The van der Waals surface area contributed by atoms with Crippen molar-refractivity contribution in [1.82, 2.24) is 16.0 Å². The Bertz CT molecular complexity index is 694. The lowest BCUT2D eigenvalue weighted by Gasteiger charge is -2.29. The van der Waals surface area contributed by atoms with Gasteiger partial charge in [0, 0.05) is 6.42 Å². The summed E-state index contributed by atoms with van der Waals surface area (Å²) >= 11 is 0. The number of alkyl carbamates (subject to hydrolysis) is 1. The largest absolute Gasteiger partial charge is 0.467 e. The molecule has 3 amide bonds. The maximum absolute atomic E-state index is 13.1. The highest BCUT2D eigenvalue weighted by Crippen LogP contribution is 2.15. The van der Waals surface area contributed by atoms with Crippen molar-refractivity contribution in [2.75, 3.05) is 7.11 Å². The highest BCUT2D eigenvalue weighted by Gasteiger charge is 2.33. The molecule has 0 saturated heterocycles. The van der Waals surface area contributed by atoms with E-state index in [0.29, 0.717) is 12.8 Å². The number of carbonyl (C=O) groups is 4. The zero-order valence-electron chi connectivity index (χ0n) is 22.4. The summed E-state index contributed by atoms with van der Waals surface area (Å²) < 4.78 is 10.0. The highest BCUT2D eigenvalue weighted by molar-refractivity contribution is 5.93. The number of ether oxygens (including phenoxy) is 2. The van der Waals surface area contributed by atoms with Crippen molar-refractivity contribution in [3.63, 3.8) is 0 Å². The van der Waals surface area contributed by atoms with Crippen LogP contribution in [-0.2, 0) is 23.9 Å². The summed E-state index contributed by atoms with van der Waals surface area (Å²) in [7, 11) is 1.25. The Morgan fingerprint density at radius 1 is 0.765 bits per heavy atom. The van der Waals surface area contributed by atoms with Gasteiger partial charge in [-0.25, -0.2) is 9.59 Å². The number of methoxy groups -OCH3 is 1. The van der Waals surface area contributed by atoms with E-state index in [9.17, 15) is 24.3 Å². The molecule has 0 fully saturated rings. The zero-order valence-corrected chi connectivity index (χ0v) is 22.4. The molecule has 0 aliphatic rings. The van der Waals surface area contributed by atoms with Gasteiger partial charge in [0.2, 0.25) is 11.8 Å². The van der Waals surface area contributed by atoms with Gasteiger partial charge < -0.3 is 30.5 Å². The predicted molar refractivity (Wildman–Crippen MR) is 129 cm³/mol. The van der Waals surface area contributed by atoms with Crippen LogP contribution >= 0.6 is 0 Å². The molecular weight excluding hydrogens is 442 g/mol. The molecule has 0 bridgehead atoms. The third kappa shape index (κ3) is 14.0. The molecule has 0 aromatic rings. The summed E-state index contributed by atoms with van der Waals surface area (Å²) in [6.45, 7) is 15.7. The Morgan fingerprint density at radius 3 is 1.62 bits per heavy atom. The lowest BCUT2D eigenvalue weighted by Crippen LogP contribution is -2.57. The van der Waals surface area contributed by atoms with Crippen LogP contribution in [0.25, 0.3) is 0 Å². The van der Waals surface area contributed by atoms with Gasteiger partial charge in [0.25, 0.3) is 0 Å². The molecule has 0 spiro atoms. The Balaban J connectivity index is 5.67. The van der Waals surface area contributed by atoms with E-state index in [2.05, 4.69) is 16.0 Å². The summed E-state index contributed by atoms with van der Waals surface area (Å²) in [5.41, 5.74) is -2.06. The zero-order chi connectivity index (χ0) is 26.9. The number of aliphatic hydroxyl groups is 1. The maximum atomic E-state index is 13.1. The minimum atomic E-state index is -1.28. The molecule has 0 aliphatic heterocycles. The van der Waals surface area contributed by atoms with E-state index in [-0.39, 0.29) is 18.3 Å². The molecule has 0 saturated carbocycles. The Morgan fingerprint density at radius 2 is 1.21 bits per heavy atom. The van der Waals surface area contributed by atoms with Gasteiger partial charge in [0.15, 0.2) is 0 Å². The predicted octanol–water partition coefficient (Wildman–Crippen LogP) is 2.28. The van der Waals surface area contributed by atoms with Crippen molar-refractivity contribution in [3.05, 3.63) is 0 Å². The summed E-state index contributed by atoms with van der Waals surface area (Å²) in [5, 5.41) is 18.1. The number of esters is 1. The Labute approximate surface area is 203 Å². The fourth-order valence-electron chi connectivity index (χ4n) is 3.23. The first-order chi connectivity index (χ1) is 15.3. The van der Waals surface area contributed by atoms with E-state index < -0.39 is 53.2 Å². The summed E-state index contributed by atoms with van der Waals surface area (Å²) in [5.74, 6) is -1.58. The van der Waals surface area contributed by atoms with Crippen LogP contribution < -0.4 is 16.0 Å². The average Bonchev–Trinajstić information content (AvgIpc) is 2.62. The summed E-state index contributed by atoms with van der Waals surface area (Å²) in [6.07, 6.45) is -0.243. The first-order valence-corrected chi connectivity index (χ1v) is 11.7. The van der Waals surface area contributed by atoms with Gasteiger partial charge in [0.05, 0.1) is 12.7 Å². The van der Waals surface area contributed by atoms with Crippen LogP contribution in [0, 0.1) is 11.8 Å². The number of rotatable bonds is 12. The van der Waals surface area contributed by atoms with E-state index in [1.807, 2.05) is 27.7 Å². The summed E-state index contributed by atoms with van der Waals surface area (Å²) in [6, 6.07) is -2.96. The molecular formula is C24H45N3O7. The minimum absolute atomic E-state index is 0.0456. The van der Waals surface area contributed by atoms with Gasteiger partial charge in [0.1, 0.15) is 23.7 Å². The van der Waals surface area contributed by atoms with Gasteiger partial charge in [-0.05, 0) is 59.3 Å². The topological polar surface area (TPSA) is 143 Å². The van der Waals surface area contributed by atoms with Crippen LogP contribution in [0.1, 0.15) is 81.6 Å². The van der Waals surface area contributed by atoms with Gasteiger partial charge >= 0.3 is 12.1 Å². The fraction of sp³-hybridized carbons (Fsp3) is 0.833. The van der Waals surface area contributed by atoms with E-state index in [1.54, 1.807) is 20.8 Å². The van der Waals surface area contributed by atoms with E-state index in [0.717, 1.165) is 0 Å². The number of nitrogens with one attached hydrogen (secondary N) is 3. The molecule has 0 aliphatic carbocycles. The lowest BCUT2D eigenvalue weighted by molar-refractivity contribution is -0.146. The SMILES string of the molecule is COC(=O)[C@H](CC(C)C)NC(=O)[C@H](CC(C)C)NC(=O)[C@H](CC(C)(C)O)NC(=O)OC(C)(C)C. The molecule has 0 heterocycles. The quantitative estimate of drug-likeness (QED) is 0.309. The average molecular weight is 488 g/mol. The molecule has 34 heavy (non-hydrogen) atoms. The van der Waals surface area contributed by atoms with Crippen molar-refractivity contribution < 1.29 is 33.8 Å². The van der Waals surface area contributed by atoms with Crippen LogP contribution in [0.2, 0.25) is 0 Å². The number of amides is 3. The van der Waals surface area contributed by atoms with Gasteiger partial charge in [-0.15, -0.1) is 0 Å². The van der Waals surface area contributed by atoms with Crippen LogP contribution in [0.4, 0.5) is 4.79 Å². The summed E-state index contributed by atoms with van der Waals surface area (Å²) in [4.78, 5) is 50.6. The second kappa shape index (κ2) is 13.5. The molecule has 3 atom stereocenters. The van der Waals surface area contributed by atoms with Crippen molar-refractivity contribution >= 4 is 23.9 Å². The number of hydrogen-bond acceptors (Lipinski definition) is 7. The minimum Gasteiger partial charge on any atom is -0.467 e. The normalized spacial score (nSPS) is 14.7. The molecule has 10 heteroatoms. The first kappa shape index (κ1) is 31.6. The molecule has 10 nitrogen and oxygen atoms in total. The van der Waals surface area contributed by atoms with Crippen molar-refractivity contribution in [2.24, 2.45) is 11.8 Å². The monoisotopic (exact) mass is 487 g/mol. The molecule has 4 N–H and O–H groups in total. The highest BCUT2D eigenvalue weighted by atomic mass is 16.6. The second-order valence-corrected chi connectivity index (χ2v) is 11.1. The van der Waals surface area contributed by atoms with Gasteiger partial charge in [-0.2, -0.15) is 0 Å². The molecule has 0 aromatic heterocycles. The van der Waals surface area contributed by atoms with E-state index >= 15 is 0 Å². The van der Waals surface area contributed by atoms with Crippen molar-refractivity contribution in [2.45, 2.75) is 111 Å². The van der Waals surface area contributed by atoms with E-state index in [1.165, 1.54) is 21.0 Å². The molecule has 0 radical (unpaired) electrons. The third-order valence-corrected chi connectivity index (χ3v) is 4.56. The van der Waals surface area contributed by atoms with Crippen LogP contribution in [0.5, 0.6) is 0 Å². The Hall–Kier alpha value is -2.36. The van der Waals surface area contributed by atoms with Crippen molar-refractivity contribution in [1.29, 1.82) is 0 Å². The lowest BCUT2D eigenvalue weighted by atomic mass is 9.97. The fourth-order valence-corrected chi connectivity index (χ4v) is 3.23. The maximum Gasteiger partial charge on any atom is 0.408 e. The van der Waals surface area contributed by atoms with Crippen LogP contribution in [-0.4, -0.2) is 65.4 Å². The molecule has 198 valence electrons. The van der Waals surface area contributed by atoms with Crippen LogP contribution in [0.3, 0.4) is 0 Å². The van der Waals surface area contributed by atoms with Crippen molar-refractivity contribution in [3.8, 4) is 0 Å². The second-order valence-electron chi connectivity index (χ2n) is 11.1. The third-order valence-electron chi connectivity index (χ3n) is 4.56. The number of carbonyl (C=O) groups excluding carboxylic acids is 4. The smallest absolute Gasteiger partial charge is 0.408 e. The number of hydrogen-bond donors (Lipinski definition) is 4. The van der Waals surface area contributed by atoms with Gasteiger partial charge in [-0.3, -0.25) is 9.59 Å². The van der Waals surface area contributed by atoms with Gasteiger partial charge in [-0.1, -0.05) is 27.7 Å². The first-order valence-electron chi connectivity index (χ1n) is 11.7. The molecule has 0 aromatic carbocycles.